The Bertz CT molecular complexity index is 805. The van der Waals surface area contributed by atoms with E-state index >= 15 is 0 Å². The molecule has 100 valence electrons. The molecule has 1 aromatic heterocycles. The van der Waals surface area contributed by atoms with Crippen molar-refractivity contribution in [3.8, 4) is 0 Å². The lowest BCUT2D eigenvalue weighted by atomic mass is 10.2. The van der Waals surface area contributed by atoms with E-state index in [9.17, 15) is 4.79 Å². The first-order chi connectivity index (χ1) is 9.65. The SMILES string of the molecule is O=C(Nc1c(Cl)ccc2nsnc12)c1cccc(Br)c1. The molecule has 1 N–H and O–H groups in total. The number of benzene rings is 2. The maximum Gasteiger partial charge on any atom is 0.255 e. The Labute approximate surface area is 132 Å². The van der Waals surface area contributed by atoms with Gasteiger partial charge in [-0.2, -0.15) is 8.75 Å². The number of amides is 1. The molecule has 0 aliphatic carbocycles. The summed E-state index contributed by atoms with van der Waals surface area (Å²) in [6.07, 6.45) is 0. The third-order valence-electron chi connectivity index (χ3n) is 2.70. The molecule has 3 aromatic rings. The van der Waals surface area contributed by atoms with Crippen molar-refractivity contribution in [1.82, 2.24) is 8.75 Å². The molecule has 0 aliphatic heterocycles. The molecular weight excluding hydrogens is 362 g/mol. The third kappa shape index (κ3) is 2.54. The van der Waals surface area contributed by atoms with Crippen molar-refractivity contribution in [2.75, 3.05) is 5.32 Å². The quantitative estimate of drug-likeness (QED) is 0.731. The van der Waals surface area contributed by atoms with E-state index in [0.717, 1.165) is 16.2 Å². The van der Waals surface area contributed by atoms with Gasteiger partial charge in [0.25, 0.3) is 5.91 Å². The van der Waals surface area contributed by atoms with Gasteiger partial charge in [0.15, 0.2) is 0 Å². The normalized spacial score (nSPS) is 10.7. The standard InChI is InChI=1S/C13H7BrClN3OS/c14-8-3-1-2-7(6-8)13(19)16-11-9(15)4-5-10-12(11)18-20-17-10/h1-6H,(H,16,19). The first kappa shape index (κ1) is 13.5. The summed E-state index contributed by atoms with van der Waals surface area (Å²) in [5.74, 6) is -0.242. The fourth-order valence-electron chi connectivity index (χ4n) is 1.76. The summed E-state index contributed by atoms with van der Waals surface area (Å²) in [7, 11) is 0. The van der Waals surface area contributed by atoms with Crippen LogP contribution in [0.5, 0.6) is 0 Å². The van der Waals surface area contributed by atoms with Gasteiger partial charge in [0.1, 0.15) is 11.0 Å². The molecule has 20 heavy (non-hydrogen) atoms. The fourth-order valence-corrected chi connectivity index (χ4v) is 2.90. The van der Waals surface area contributed by atoms with Crippen LogP contribution < -0.4 is 5.32 Å². The minimum atomic E-state index is -0.242. The number of hydrogen-bond acceptors (Lipinski definition) is 4. The molecular formula is C13H7BrClN3OS. The van der Waals surface area contributed by atoms with Crippen molar-refractivity contribution < 1.29 is 4.79 Å². The molecule has 1 heterocycles. The topological polar surface area (TPSA) is 54.9 Å². The van der Waals surface area contributed by atoms with Gasteiger partial charge in [-0.25, -0.2) is 0 Å². The minimum Gasteiger partial charge on any atom is -0.319 e. The van der Waals surface area contributed by atoms with E-state index in [0.29, 0.717) is 27.3 Å². The van der Waals surface area contributed by atoms with Crippen LogP contribution in [0.25, 0.3) is 11.0 Å². The van der Waals surface area contributed by atoms with Gasteiger partial charge in [-0.3, -0.25) is 4.79 Å². The molecule has 1 amide bonds. The van der Waals surface area contributed by atoms with Crippen molar-refractivity contribution >= 4 is 61.9 Å². The van der Waals surface area contributed by atoms with Gasteiger partial charge in [0.2, 0.25) is 0 Å². The fraction of sp³-hybridized carbons (Fsp3) is 0. The molecule has 0 atom stereocenters. The molecule has 0 aliphatic rings. The van der Waals surface area contributed by atoms with E-state index in [4.69, 9.17) is 11.6 Å². The number of hydrogen-bond donors (Lipinski definition) is 1. The number of carbonyl (C=O) groups excluding carboxylic acids is 1. The first-order valence-corrected chi connectivity index (χ1v) is 7.53. The molecule has 3 rings (SSSR count). The van der Waals surface area contributed by atoms with Crippen molar-refractivity contribution in [3.05, 3.63) is 51.5 Å². The Kier molecular flexibility index (Phi) is 3.69. The molecule has 2 aromatic carbocycles. The van der Waals surface area contributed by atoms with E-state index in [1.165, 1.54) is 0 Å². The zero-order valence-electron chi connectivity index (χ0n) is 9.93. The van der Waals surface area contributed by atoms with E-state index in [-0.39, 0.29) is 5.91 Å². The van der Waals surface area contributed by atoms with E-state index in [1.807, 2.05) is 6.07 Å². The maximum absolute atomic E-state index is 12.2. The lowest BCUT2D eigenvalue weighted by Crippen LogP contribution is -2.12. The minimum absolute atomic E-state index is 0.242. The maximum atomic E-state index is 12.2. The summed E-state index contributed by atoms with van der Waals surface area (Å²) >= 11 is 10.6. The van der Waals surface area contributed by atoms with Gasteiger partial charge in [-0.15, -0.1) is 0 Å². The highest BCUT2D eigenvalue weighted by atomic mass is 79.9. The third-order valence-corrected chi connectivity index (χ3v) is 4.05. The molecule has 0 fully saturated rings. The lowest BCUT2D eigenvalue weighted by molar-refractivity contribution is 0.102. The van der Waals surface area contributed by atoms with Crippen molar-refractivity contribution in [1.29, 1.82) is 0 Å². The Balaban J connectivity index is 1.99. The van der Waals surface area contributed by atoms with Gasteiger partial charge >= 0.3 is 0 Å². The van der Waals surface area contributed by atoms with Gasteiger partial charge in [0, 0.05) is 10.0 Å². The van der Waals surface area contributed by atoms with Crippen LogP contribution in [0.2, 0.25) is 5.02 Å². The highest BCUT2D eigenvalue weighted by molar-refractivity contribution is 9.10. The average Bonchev–Trinajstić information content (AvgIpc) is 2.90. The Hall–Kier alpha value is -1.50. The summed E-state index contributed by atoms with van der Waals surface area (Å²) in [6, 6.07) is 10.6. The Morgan fingerprint density at radius 1 is 1.25 bits per heavy atom. The van der Waals surface area contributed by atoms with Gasteiger partial charge in [-0.05, 0) is 30.3 Å². The second kappa shape index (κ2) is 5.47. The number of carbonyl (C=O) groups is 1. The van der Waals surface area contributed by atoms with Crippen molar-refractivity contribution in [3.63, 3.8) is 0 Å². The first-order valence-electron chi connectivity index (χ1n) is 5.63. The van der Waals surface area contributed by atoms with Crippen molar-refractivity contribution in [2.45, 2.75) is 0 Å². The van der Waals surface area contributed by atoms with Crippen LogP contribution in [0.3, 0.4) is 0 Å². The molecule has 0 spiro atoms. The lowest BCUT2D eigenvalue weighted by Gasteiger charge is -2.07. The number of halogens is 2. The predicted octanol–water partition coefficient (Wildman–Crippen LogP) is 4.36. The number of nitrogens with one attached hydrogen (secondary N) is 1. The summed E-state index contributed by atoms with van der Waals surface area (Å²) in [5, 5.41) is 3.23. The smallest absolute Gasteiger partial charge is 0.255 e. The largest absolute Gasteiger partial charge is 0.319 e. The van der Waals surface area contributed by atoms with Crippen molar-refractivity contribution in [2.24, 2.45) is 0 Å². The van der Waals surface area contributed by atoms with Crippen LogP contribution in [0, 0.1) is 0 Å². The van der Waals surface area contributed by atoms with Crippen LogP contribution in [-0.2, 0) is 0 Å². The number of aromatic nitrogens is 2. The molecule has 0 saturated carbocycles. The predicted molar refractivity (Wildman–Crippen MR) is 84.5 cm³/mol. The van der Waals surface area contributed by atoms with Gasteiger partial charge < -0.3 is 5.32 Å². The molecule has 0 saturated heterocycles. The molecule has 0 radical (unpaired) electrons. The molecule has 7 heteroatoms. The van der Waals surface area contributed by atoms with Crippen LogP contribution in [0.4, 0.5) is 5.69 Å². The van der Waals surface area contributed by atoms with Gasteiger partial charge in [-0.1, -0.05) is 33.6 Å². The molecule has 0 bridgehead atoms. The van der Waals surface area contributed by atoms with Crippen LogP contribution in [-0.4, -0.2) is 14.7 Å². The Morgan fingerprint density at radius 2 is 2.10 bits per heavy atom. The van der Waals surface area contributed by atoms with Crippen LogP contribution in [0.15, 0.2) is 40.9 Å². The molecule has 4 nitrogen and oxygen atoms in total. The van der Waals surface area contributed by atoms with Gasteiger partial charge in [0.05, 0.1) is 22.4 Å². The number of rotatable bonds is 2. The number of nitrogens with zero attached hydrogens (tertiary/aromatic N) is 2. The second-order valence-electron chi connectivity index (χ2n) is 4.02. The Morgan fingerprint density at radius 3 is 2.90 bits per heavy atom. The monoisotopic (exact) mass is 367 g/mol. The average molecular weight is 369 g/mol. The highest BCUT2D eigenvalue weighted by Gasteiger charge is 2.14. The number of fused-ring (bicyclic) bond motifs is 1. The second-order valence-corrected chi connectivity index (χ2v) is 5.87. The summed E-state index contributed by atoms with van der Waals surface area (Å²) in [5.41, 5.74) is 2.34. The van der Waals surface area contributed by atoms with E-state index in [1.54, 1.807) is 30.3 Å². The summed E-state index contributed by atoms with van der Waals surface area (Å²) < 4.78 is 9.13. The van der Waals surface area contributed by atoms with Crippen LogP contribution >= 0.6 is 39.3 Å². The van der Waals surface area contributed by atoms with E-state index in [2.05, 4.69) is 30.0 Å². The zero-order chi connectivity index (χ0) is 14.1. The van der Waals surface area contributed by atoms with Crippen LogP contribution in [0.1, 0.15) is 10.4 Å². The highest BCUT2D eigenvalue weighted by Crippen LogP contribution is 2.30. The summed E-state index contributed by atoms with van der Waals surface area (Å²) in [4.78, 5) is 12.2. The zero-order valence-corrected chi connectivity index (χ0v) is 13.1. The molecule has 0 unspecified atom stereocenters. The number of anilines is 1. The van der Waals surface area contributed by atoms with E-state index < -0.39 is 0 Å². The summed E-state index contributed by atoms with van der Waals surface area (Å²) in [6.45, 7) is 0.